The molecule has 0 aliphatic carbocycles. The van der Waals surface area contributed by atoms with Crippen LogP contribution in [0.5, 0.6) is 0 Å². The molecule has 186 valence electrons. The summed E-state index contributed by atoms with van der Waals surface area (Å²) in [6, 6.07) is 13.1. The van der Waals surface area contributed by atoms with Crippen LogP contribution >= 0.6 is 0 Å². The molecule has 8 rings (SSSR count). The highest BCUT2D eigenvalue weighted by atomic mass is 16.4. The molecular formula is C32H32N2O3+2. The summed E-state index contributed by atoms with van der Waals surface area (Å²) in [5.74, 6) is -1.12. The van der Waals surface area contributed by atoms with Gasteiger partial charge in [0.05, 0.1) is 5.97 Å². The Morgan fingerprint density at radius 3 is 1.81 bits per heavy atom. The average molecular weight is 493 g/mol. The number of aryl methyl sites for hydroxylation is 4. The van der Waals surface area contributed by atoms with Crippen LogP contribution in [-0.2, 0) is 25.7 Å². The Morgan fingerprint density at radius 1 is 0.757 bits per heavy atom. The number of aromatic carboxylic acids is 1. The lowest BCUT2D eigenvalue weighted by Crippen LogP contribution is -2.52. The Kier molecular flexibility index (Phi) is 4.74. The average Bonchev–Trinajstić information content (AvgIpc) is 2.93. The SMILES string of the molecule is O=C([O-])c1ccccc1-c1c2cc3[n+]4c(c2[o+]c2c5[n+]6c(cc12)CCCC6CCC5)CCCC4CCC3. The standard InChI is InChI=1S/C32H32N2O3/c35-32(36)24-14-2-1-13-23(24)29-25-17-21-11-3-7-19-9-5-15-27(33(19)21)30(25)37-31-26(29)18-22-12-4-8-20-10-6-16-28(31)34(20)22/h1-2,13-14,17-20H,3-12,15-16H2/q+2. The van der Waals surface area contributed by atoms with Crippen molar-refractivity contribution in [3.05, 3.63) is 64.7 Å². The molecule has 5 heteroatoms. The lowest BCUT2D eigenvalue weighted by atomic mass is 9.86. The van der Waals surface area contributed by atoms with Gasteiger partial charge in [-0.05, 0) is 31.2 Å². The van der Waals surface area contributed by atoms with Gasteiger partial charge in [0, 0.05) is 74.6 Å². The third-order valence-corrected chi connectivity index (χ3v) is 9.57. The van der Waals surface area contributed by atoms with E-state index in [1.54, 1.807) is 12.1 Å². The zero-order chi connectivity index (χ0) is 24.7. The third kappa shape index (κ3) is 3.09. The number of nitrogens with zero attached hydrogens (tertiary/aromatic N) is 2. The van der Waals surface area contributed by atoms with Crippen molar-refractivity contribution in [2.45, 2.75) is 89.1 Å². The number of carboxylic acid groups (broad SMARTS) is 1. The van der Waals surface area contributed by atoms with Crippen LogP contribution in [0.3, 0.4) is 0 Å². The van der Waals surface area contributed by atoms with Gasteiger partial charge in [0.25, 0.3) is 11.4 Å². The van der Waals surface area contributed by atoms with Crippen LogP contribution < -0.4 is 14.2 Å². The van der Waals surface area contributed by atoms with E-state index in [4.69, 9.17) is 4.42 Å². The van der Waals surface area contributed by atoms with Crippen LogP contribution in [0.25, 0.3) is 33.1 Å². The molecule has 5 nitrogen and oxygen atoms in total. The van der Waals surface area contributed by atoms with Gasteiger partial charge in [-0.1, -0.05) is 24.3 Å². The molecule has 0 saturated carbocycles. The van der Waals surface area contributed by atoms with E-state index in [2.05, 4.69) is 21.3 Å². The molecule has 3 aromatic heterocycles. The van der Waals surface area contributed by atoms with E-state index in [-0.39, 0.29) is 5.56 Å². The van der Waals surface area contributed by atoms with Crippen LogP contribution in [0.4, 0.5) is 0 Å². The molecule has 0 radical (unpaired) electrons. The van der Waals surface area contributed by atoms with Crippen LogP contribution in [0.2, 0.25) is 0 Å². The molecule has 0 bridgehead atoms. The maximum atomic E-state index is 12.3. The summed E-state index contributed by atoms with van der Waals surface area (Å²) in [5.41, 5.74) is 9.28. The summed E-state index contributed by atoms with van der Waals surface area (Å²) in [7, 11) is 0. The van der Waals surface area contributed by atoms with E-state index in [0.29, 0.717) is 12.1 Å². The van der Waals surface area contributed by atoms with E-state index in [0.717, 1.165) is 58.7 Å². The van der Waals surface area contributed by atoms with Crippen LogP contribution in [0.1, 0.15) is 96.6 Å². The Bertz CT molecular complexity index is 1550. The van der Waals surface area contributed by atoms with Crippen molar-refractivity contribution < 1.29 is 23.5 Å². The summed E-state index contributed by atoms with van der Waals surface area (Å²) >= 11 is 0. The first-order valence-corrected chi connectivity index (χ1v) is 14.3. The molecule has 0 spiro atoms. The largest absolute Gasteiger partial charge is 0.545 e. The Morgan fingerprint density at radius 2 is 1.27 bits per heavy atom. The van der Waals surface area contributed by atoms with E-state index in [1.165, 1.54) is 74.1 Å². The molecule has 2 atom stereocenters. The molecule has 4 aliphatic heterocycles. The fourth-order valence-electron chi connectivity index (χ4n) is 8.11. The Labute approximate surface area is 216 Å². The van der Waals surface area contributed by atoms with Crippen molar-refractivity contribution in [2.75, 3.05) is 0 Å². The zero-order valence-corrected chi connectivity index (χ0v) is 21.2. The highest BCUT2D eigenvalue weighted by molar-refractivity contribution is 6.12. The number of fused-ring (bicyclic) bond motifs is 4. The second-order valence-electron chi connectivity index (χ2n) is 11.6. The molecule has 0 saturated heterocycles. The molecule has 4 aliphatic rings. The van der Waals surface area contributed by atoms with Crippen molar-refractivity contribution in [2.24, 2.45) is 0 Å². The number of carbonyl (C=O) groups is 1. The number of carboxylic acids is 1. The summed E-state index contributed by atoms with van der Waals surface area (Å²) in [6.45, 7) is 0. The summed E-state index contributed by atoms with van der Waals surface area (Å²) in [6.07, 6.45) is 13.9. The van der Waals surface area contributed by atoms with Gasteiger partial charge >= 0.3 is 11.2 Å². The number of carbonyl (C=O) groups excluding carboxylic acids is 1. The monoisotopic (exact) mass is 492 g/mol. The second-order valence-corrected chi connectivity index (χ2v) is 11.6. The summed E-state index contributed by atoms with van der Waals surface area (Å²) < 4.78 is 12.2. The Balaban J connectivity index is 1.58. The van der Waals surface area contributed by atoms with E-state index in [1.807, 2.05) is 12.1 Å². The van der Waals surface area contributed by atoms with E-state index >= 15 is 0 Å². The molecule has 4 aromatic rings. The summed E-state index contributed by atoms with van der Waals surface area (Å²) in [5, 5.41) is 14.5. The molecule has 0 N–H and O–H groups in total. The van der Waals surface area contributed by atoms with Gasteiger partial charge in [0.2, 0.25) is 0 Å². The molecule has 0 amide bonds. The first-order valence-electron chi connectivity index (χ1n) is 14.3. The first-order chi connectivity index (χ1) is 18.2. The van der Waals surface area contributed by atoms with Gasteiger partial charge in [-0.2, -0.15) is 13.6 Å². The number of hydrogen-bond donors (Lipinski definition) is 0. The number of rotatable bonds is 2. The van der Waals surface area contributed by atoms with Gasteiger partial charge in [0.1, 0.15) is 10.8 Å². The number of pyridine rings is 2. The van der Waals surface area contributed by atoms with Crippen molar-refractivity contribution >= 4 is 27.9 Å². The predicted octanol–water partition coefficient (Wildman–Crippen LogP) is 4.90. The minimum atomic E-state index is -1.12. The quantitative estimate of drug-likeness (QED) is 0.227. The van der Waals surface area contributed by atoms with E-state index < -0.39 is 5.97 Å². The van der Waals surface area contributed by atoms with Gasteiger partial charge < -0.3 is 9.90 Å². The molecular weight excluding hydrogens is 460 g/mol. The lowest BCUT2D eigenvalue weighted by Gasteiger charge is -2.26. The van der Waals surface area contributed by atoms with Crippen LogP contribution in [-0.4, -0.2) is 5.97 Å². The molecule has 37 heavy (non-hydrogen) atoms. The highest BCUT2D eigenvalue weighted by Gasteiger charge is 2.44. The fourth-order valence-corrected chi connectivity index (χ4v) is 8.11. The van der Waals surface area contributed by atoms with Gasteiger partial charge in [-0.15, -0.1) is 0 Å². The topological polar surface area (TPSA) is 59.2 Å². The summed E-state index contributed by atoms with van der Waals surface area (Å²) in [4.78, 5) is 12.3. The van der Waals surface area contributed by atoms with Crippen molar-refractivity contribution in [1.82, 2.24) is 0 Å². The van der Waals surface area contributed by atoms with Crippen molar-refractivity contribution in [3.63, 3.8) is 0 Å². The fraction of sp³-hybridized carbons (Fsp3) is 0.438. The first kappa shape index (κ1) is 21.7. The number of aromatic nitrogens is 2. The molecule has 7 heterocycles. The smallest absolute Gasteiger partial charge is 0.427 e. The van der Waals surface area contributed by atoms with Gasteiger partial charge in [-0.25, -0.2) is 0 Å². The second kappa shape index (κ2) is 8.08. The minimum absolute atomic E-state index is 0.255. The van der Waals surface area contributed by atoms with Crippen molar-refractivity contribution in [3.8, 4) is 11.1 Å². The zero-order valence-electron chi connectivity index (χ0n) is 21.2. The molecule has 0 fully saturated rings. The van der Waals surface area contributed by atoms with Crippen molar-refractivity contribution in [1.29, 1.82) is 0 Å². The highest BCUT2D eigenvalue weighted by Crippen LogP contribution is 2.43. The number of hydrogen-bond acceptors (Lipinski definition) is 2. The van der Waals surface area contributed by atoms with Crippen LogP contribution in [0, 0.1) is 0 Å². The van der Waals surface area contributed by atoms with E-state index in [9.17, 15) is 9.90 Å². The normalized spacial score (nSPS) is 22.1. The number of benzene rings is 1. The minimum Gasteiger partial charge on any atom is -0.545 e. The van der Waals surface area contributed by atoms with Gasteiger partial charge in [0.15, 0.2) is 23.5 Å². The maximum absolute atomic E-state index is 12.3. The third-order valence-electron chi connectivity index (χ3n) is 9.57. The van der Waals surface area contributed by atoms with Gasteiger partial charge in [-0.3, -0.25) is 0 Å². The molecule has 2 unspecified atom stereocenters. The van der Waals surface area contributed by atoms with Crippen LogP contribution in [0.15, 0.2) is 40.8 Å². The lowest BCUT2D eigenvalue weighted by molar-refractivity contribution is -0.746. The molecule has 1 aromatic carbocycles. The maximum Gasteiger partial charge on any atom is 0.427 e. The Hall–Kier alpha value is -3.34. The predicted molar refractivity (Wildman–Crippen MR) is 138 cm³/mol.